The molecule has 1 unspecified atom stereocenters. The molecule has 0 fully saturated rings. The fourth-order valence-corrected chi connectivity index (χ4v) is 2.34. The van der Waals surface area contributed by atoms with Crippen molar-refractivity contribution in [3.05, 3.63) is 0 Å². The van der Waals surface area contributed by atoms with Crippen LogP contribution in [0.25, 0.3) is 0 Å². The first-order valence-corrected chi connectivity index (χ1v) is 8.75. The van der Waals surface area contributed by atoms with E-state index in [-0.39, 0.29) is 6.10 Å². The Morgan fingerprint density at radius 1 is 1.24 bits per heavy atom. The summed E-state index contributed by atoms with van der Waals surface area (Å²) in [6.07, 6.45) is 3.15. The fraction of sp³-hybridized carbons (Fsp3) is 0.786. The summed E-state index contributed by atoms with van der Waals surface area (Å²) in [5.74, 6) is 2.22. The lowest BCUT2D eigenvalue weighted by atomic mass is 10.3. The van der Waals surface area contributed by atoms with Crippen molar-refractivity contribution in [3.8, 4) is 6.01 Å². The van der Waals surface area contributed by atoms with Crippen LogP contribution in [0.1, 0.15) is 34.1 Å². The number of nitrogens with zero attached hydrogens (tertiary/aromatic N) is 4. The molecule has 0 saturated carbocycles. The van der Waals surface area contributed by atoms with Crippen LogP contribution in [-0.4, -0.2) is 52.7 Å². The van der Waals surface area contributed by atoms with Crippen molar-refractivity contribution in [2.75, 3.05) is 35.8 Å². The molecule has 1 atom stereocenters. The number of nitrogens with one attached hydrogen (secondary N) is 1. The van der Waals surface area contributed by atoms with Crippen molar-refractivity contribution in [3.63, 3.8) is 0 Å². The third kappa shape index (κ3) is 5.95. The van der Waals surface area contributed by atoms with Gasteiger partial charge in [0.1, 0.15) is 0 Å². The number of anilines is 2. The van der Waals surface area contributed by atoms with Crippen molar-refractivity contribution >= 4 is 23.7 Å². The van der Waals surface area contributed by atoms with Gasteiger partial charge in [-0.15, -0.1) is 0 Å². The van der Waals surface area contributed by atoms with Gasteiger partial charge in [0.15, 0.2) is 0 Å². The Kier molecular flexibility index (Phi) is 7.56. The minimum absolute atomic E-state index is 0.0354. The number of thioether (sulfide) groups is 1. The minimum atomic E-state index is 0.0354. The van der Waals surface area contributed by atoms with Gasteiger partial charge in [-0.3, -0.25) is 0 Å². The van der Waals surface area contributed by atoms with Gasteiger partial charge in [-0.1, -0.05) is 6.92 Å². The average Bonchev–Trinajstić information content (AvgIpc) is 2.43. The van der Waals surface area contributed by atoms with Gasteiger partial charge < -0.3 is 15.0 Å². The van der Waals surface area contributed by atoms with Crippen molar-refractivity contribution in [2.45, 2.75) is 46.3 Å². The molecule has 1 aromatic rings. The number of hydrogen-bond donors (Lipinski definition) is 1. The quantitative estimate of drug-likeness (QED) is 0.752. The maximum absolute atomic E-state index is 5.63. The van der Waals surface area contributed by atoms with E-state index < -0.39 is 0 Å². The topological polar surface area (TPSA) is 63.2 Å². The maximum Gasteiger partial charge on any atom is 0.323 e. The zero-order valence-electron chi connectivity index (χ0n) is 13.9. The van der Waals surface area contributed by atoms with E-state index in [1.165, 1.54) is 0 Å². The number of aromatic nitrogens is 3. The highest BCUT2D eigenvalue weighted by atomic mass is 32.2. The molecule has 0 bridgehead atoms. The second-order valence-corrected chi connectivity index (χ2v) is 6.16. The molecule has 0 spiro atoms. The first kappa shape index (κ1) is 17.8. The molecular weight excluding hydrogens is 286 g/mol. The van der Waals surface area contributed by atoms with Crippen molar-refractivity contribution in [1.29, 1.82) is 0 Å². The molecule has 0 radical (unpaired) electrons. The lowest BCUT2D eigenvalue weighted by Gasteiger charge is -2.24. The lowest BCUT2D eigenvalue weighted by molar-refractivity contribution is 0.222. The van der Waals surface area contributed by atoms with Gasteiger partial charge >= 0.3 is 6.01 Å². The Labute approximate surface area is 132 Å². The largest absolute Gasteiger partial charge is 0.461 e. The van der Waals surface area contributed by atoms with E-state index in [4.69, 9.17) is 4.74 Å². The lowest BCUT2D eigenvalue weighted by Crippen LogP contribution is -2.32. The molecular formula is C14H27N5OS. The third-order valence-corrected chi connectivity index (χ3v) is 3.68. The highest BCUT2D eigenvalue weighted by Crippen LogP contribution is 2.18. The molecule has 0 aliphatic carbocycles. The predicted octanol–water partition coefficient (Wildman–Crippen LogP) is 2.67. The summed E-state index contributed by atoms with van der Waals surface area (Å²) >= 11 is 1.81. The van der Waals surface area contributed by atoms with Crippen LogP contribution in [0.2, 0.25) is 0 Å². The average molecular weight is 313 g/mol. The monoisotopic (exact) mass is 313 g/mol. The molecule has 1 heterocycles. The molecule has 6 nitrogen and oxygen atoms in total. The number of hydrogen-bond acceptors (Lipinski definition) is 7. The molecule has 0 saturated heterocycles. The van der Waals surface area contributed by atoms with Gasteiger partial charge in [-0.25, -0.2) is 0 Å². The highest BCUT2D eigenvalue weighted by Gasteiger charge is 2.16. The Bertz CT molecular complexity index is 430. The number of rotatable bonds is 9. The standard InChI is InChI=1S/C14H27N5OS/c1-7-8-15-12-16-13(19(5)11(4)9-21-6)18-14(17-12)20-10(2)3/h10-11H,7-9H2,1-6H3,(H,15,16,17,18). The van der Waals surface area contributed by atoms with Crippen LogP contribution in [0.15, 0.2) is 0 Å². The summed E-state index contributed by atoms with van der Waals surface area (Å²) in [5, 5.41) is 3.20. The zero-order chi connectivity index (χ0) is 15.8. The van der Waals surface area contributed by atoms with Gasteiger partial charge in [-0.2, -0.15) is 26.7 Å². The molecule has 120 valence electrons. The zero-order valence-corrected chi connectivity index (χ0v) is 14.7. The van der Waals surface area contributed by atoms with Gasteiger partial charge in [-0.05, 0) is 33.4 Å². The van der Waals surface area contributed by atoms with Gasteiger partial charge in [0.05, 0.1) is 6.10 Å². The van der Waals surface area contributed by atoms with E-state index in [9.17, 15) is 0 Å². The van der Waals surface area contributed by atoms with Crippen molar-refractivity contribution in [1.82, 2.24) is 15.0 Å². The van der Waals surface area contributed by atoms with Crippen LogP contribution >= 0.6 is 11.8 Å². The predicted molar refractivity (Wildman–Crippen MR) is 90.6 cm³/mol. The minimum Gasteiger partial charge on any atom is -0.461 e. The second-order valence-electron chi connectivity index (χ2n) is 5.25. The third-order valence-electron chi connectivity index (χ3n) is 2.86. The molecule has 0 aromatic carbocycles. The Balaban J connectivity index is 2.99. The molecule has 1 N–H and O–H groups in total. The van der Waals surface area contributed by atoms with Crippen LogP contribution in [-0.2, 0) is 0 Å². The van der Waals surface area contributed by atoms with Crippen LogP contribution in [0.3, 0.4) is 0 Å². The van der Waals surface area contributed by atoms with E-state index in [1.807, 2.05) is 20.9 Å². The van der Waals surface area contributed by atoms with E-state index >= 15 is 0 Å². The summed E-state index contributed by atoms with van der Waals surface area (Å²) in [4.78, 5) is 15.3. The summed E-state index contributed by atoms with van der Waals surface area (Å²) in [6, 6.07) is 0.713. The van der Waals surface area contributed by atoms with E-state index in [0.29, 0.717) is 23.9 Å². The maximum atomic E-state index is 5.63. The van der Waals surface area contributed by atoms with Gasteiger partial charge in [0.2, 0.25) is 11.9 Å². The highest BCUT2D eigenvalue weighted by molar-refractivity contribution is 7.98. The Morgan fingerprint density at radius 3 is 2.52 bits per heavy atom. The molecule has 1 rings (SSSR count). The molecule has 0 amide bonds. The Hall–Kier alpha value is -1.24. The molecule has 0 aliphatic heterocycles. The fourth-order valence-electron chi connectivity index (χ4n) is 1.63. The second kappa shape index (κ2) is 8.92. The van der Waals surface area contributed by atoms with Gasteiger partial charge in [0, 0.05) is 25.4 Å². The summed E-state index contributed by atoms with van der Waals surface area (Å²) in [5.41, 5.74) is 0. The van der Waals surface area contributed by atoms with Crippen LogP contribution < -0.4 is 15.0 Å². The van der Waals surface area contributed by atoms with Gasteiger partial charge in [0.25, 0.3) is 0 Å². The van der Waals surface area contributed by atoms with Crippen molar-refractivity contribution < 1.29 is 4.74 Å². The normalized spacial score (nSPS) is 12.3. The van der Waals surface area contributed by atoms with E-state index in [2.05, 4.69) is 45.3 Å². The van der Waals surface area contributed by atoms with Crippen LogP contribution in [0.5, 0.6) is 6.01 Å². The molecule has 7 heteroatoms. The molecule has 21 heavy (non-hydrogen) atoms. The smallest absolute Gasteiger partial charge is 0.323 e. The van der Waals surface area contributed by atoms with Crippen molar-refractivity contribution in [2.24, 2.45) is 0 Å². The van der Waals surface area contributed by atoms with Crippen LogP contribution in [0, 0.1) is 0 Å². The molecule has 0 aliphatic rings. The van der Waals surface area contributed by atoms with E-state index in [1.54, 1.807) is 11.8 Å². The van der Waals surface area contributed by atoms with Crippen LogP contribution in [0.4, 0.5) is 11.9 Å². The summed E-state index contributed by atoms with van der Waals surface area (Å²) < 4.78 is 5.63. The molecule has 1 aromatic heterocycles. The number of ether oxygens (including phenoxy) is 1. The summed E-state index contributed by atoms with van der Waals surface area (Å²) in [6.45, 7) is 9.01. The SMILES string of the molecule is CCCNc1nc(OC(C)C)nc(N(C)C(C)CSC)n1. The Morgan fingerprint density at radius 2 is 1.95 bits per heavy atom. The first-order chi connectivity index (χ1) is 9.97. The first-order valence-electron chi connectivity index (χ1n) is 7.36. The summed E-state index contributed by atoms with van der Waals surface area (Å²) in [7, 11) is 2.00. The van der Waals surface area contributed by atoms with E-state index in [0.717, 1.165) is 18.7 Å².